The van der Waals surface area contributed by atoms with Crippen LogP contribution in [-0.4, -0.2) is 11.9 Å². The first-order valence-corrected chi connectivity index (χ1v) is 6.93. The third kappa shape index (κ3) is 4.39. The molecule has 0 radical (unpaired) electrons. The number of halogens is 1. The quantitative estimate of drug-likeness (QED) is 0.887. The minimum Gasteiger partial charge on any atom is -0.322 e. The first kappa shape index (κ1) is 15.2. The van der Waals surface area contributed by atoms with Crippen LogP contribution in [0.15, 0.2) is 48.5 Å². The van der Waals surface area contributed by atoms with Gasteiger partial charge >= 0.3 is 0 Å². The Morgan fingerprint density at radius 1 is 1.24 bits per heavy atom. The predicted octanol–water partition coefficient (Wildman–Crippen LogP) is 3.03. The van der Waals surface area contributed by atoms with Crippen LogP contribution in [0, 0.1) is 12.7 Å². The highest BCUT2D eigenvalue weighted by Crippen LogP contribution is 2.15. The molecule has 4 heteroatoms. The van der Waals surface area contributed by atoms with E-state index >= 15 is 0 Å². The Balaban J connectivity index is 1.90. The maximum atomic E-state index is 13.7. The molecule has 0 fully saturated rings. The molecule has 2 aromatic rings. The van der Waals surface area contributed by atoms with Crippen LogP contribution < -0.4 is 11.1 Å². The van der Waals surface area contributed by atoms with Crippen molar-refractivity contribution in [3.63, 3.8) is 0 Å². The highest BCUT2D eigenvalue weighted by Gasteiger charge is 2.15. The fraction of sp³-hybridized carbons (Fsp3) is 0.235. The Morgan fingerprint density at radius 2 is 1.95 bits per heavy atom. The van der Waals surface area contributed by atoms with Crippen LogP contribution in [0.25, 0.3) is 0 Å². The Morgan fingerprint density at radius 3 is 2.62 bits per heavy atom. The van der Waals surface area contributed by atoms with Crippen molar-refractivity contribution in [2.75, 3.05) is 5.32 Å². The maximum absolute atomic E-state index is 13.7. The Bertz CT molecular complexity index is 613. The fourth-order valence-electron chi connectivity index (χ4n) is 2.04. The van der Waals surface area contributed by atoms with Gasteiger partial charge in [0.1, 0.15) is 5.82 Å². The number of aryl methyl sites for hydroxylation is 2. The van der Waals surface area contributed by atoms with E-state index in [9.17, 15) is 9.18 Å². The smallest absolute Gasteiger partial charge is 0.241 e. The molecule has 3 nitrogen and oxygen atoms in total. The second-order valence-electron chi connectivity index (χ2n) is 5.10. The molecule has 0 saturated carbocycles. The van der Waals surface area contributed by atoms with E-state index in [4.69, 9.17) is 5.73 Å². The fourth-order valence-corrected chi connectivity index (χ4v) is 2.04. The molecule has 1 amide bonds. The van der Waals surface area contributed by atoms with Gasteiger partial charge < -0.3 is 11.1 Å². The van der Waals surface area contributed by atoms with Crippen molar-refractivity contribution >= 4 is 11.6 Å². The minimum atomic E-state index is -0.661. The molecule has 1 atom stereocenters. The molecule has 21 heavy (non-hydrogen) atoms. The minimum absolute atomic E-state index is 0.167. The van der Waals surface area contributed by atoms with Crippen LogP contribution in [0.5, 0.6) is 0 Å². The summed E-state index contributed by atoms with van der Waals surface area (Å²) in [5, 5.41) is 2.53. The average molecular weight is 286 g/mol. The molecule has 3 N–H and O–H groups in total. The molecule has 0 aliphatic heterocycles. The Kier molecular flexibility index (Phi) is 5.06. The standard InChI is InChI=1S/C17H19FN2O/c1-12-7-10-16(14(18)11-12)20-17(21)15(19)9-8-13-5-3-2-4-6-13/h2-7,10-11,15H,8-9,19H2,1H3,(H,20,21)/t15-/m0/s1. The number of rotatable bonds is 5. The number of amides is 1. The normalized spacial score (nSPS) is 12.0. The van der Waals surface area contributed by atoms with Gasteiger partial charge in [0.05, 0.1) is 11.7 Å². The third-order valence-corrected chi connectivity index (χ3v) is 3.31. The molecular weight excluding hydrogens is 267 g/mol. The van der Waals surface area contributed by atoms with Gasteiger partial charge in [-0.1, -0.05) is 36.4 Å². The lowest BCUT2D eigenvalue weighted by molar-refractivity contribution is -0.117. The number of benzene rings is 2. The van der Waals surface area contributed by atoms with Crippen LogP contribution in [-0.2, 0) is 11.2 Å². The maximum Gasteiger partial charge on any atom is 0.241 e. The number of nitrogens with two attached hydrogens (primary N) is 1. The van der Waals surface area contributed by atoms with Gasteiger partial charge in [-0.3, -0.25) is 4.79 Å². The van der Waals surface area contributed by atoms with E-state index in [2.05, 4.69) is 5.32 Å². The van der Waals surface area contributed by atoms with E-state index in [0.717, 1.165) is 11.1 Å². The summed E-state index contributed by atoms with van der Waals surface area (Å²) in [6, 6.07) is 13.8. The molecule has 0 bridgehead atoms. The summed E-state index contributed by atoms with van der Waals surface area (Å²) in [5.74, 6) is -0.813. The zero-order valence-electron chi connectivity index (χ0n) is 12.0. The summed E-state index contributed by atoms with van der Waals surface area (Å²) in [6.07, 6.45) is 1.23. The van der Waals surface area contributed by atoms with E-state index < -0.39 is 11.9 Å². The van der Waals surface area contributed by atoms with Gasteiger partial charge in [0.15, 0.2) is 0 Å². The molecule has 0 unspecified atom stereocenters. The number of hydrogen-bond acceptors (Lipinski definition) is 2. The van der Waals surface area contributed by atoms with Crippen molar-refractivity contribution in [1.29, 1.82) is 0 Å². The zero-order chi connectivity index (χ0) is 15.2. The van der Waals surface area contributed by atoms with Crippen molar-refractivity contribution in [2.45, 2.75) is 25.8 Å². The highest BCUT2D eigenvalue weighted by molar-refractivity contribution is 5.94. The summed E-state index contributed by atoms with van der Waals surface area (Å²) in [7, 11) is 0. The summed E-state index contributed by atoms with van der Waals surface area (Å²) < 4.78 is 13.7. The first-order chi connectivity index (χ1) is 10.1. The van der Waals surface area contributed by atoms with Gasteiger partial charge in [-0.2, -0.15) is 0 Å². The van der Waals surface area contributed by atoms with Crippen LogP contribution in [0.2, 0.25) is 0 Å². The molecule has 2 aromatic carbocycles. The number of anilines is 1. The number of carbonyl (C=O) groups is 1. The molecule has 0 aliphatic rings. The second kappa shape index (κ2) is 6.99. The lowest BCUT2D eigenvalue weighted by Crippen LogP contribution is -2.36. The molecule has 0 spiro atoms. The zero-order valence-corrected chi connectivity index (χ0v) is 12.0. The Hall–Kier alpha value is -2.20. The highest BCUT2D eigenvalue weighted by atomic mass is 19.1. The molecule has 0 aromatic heterocycles. The Labute approximate surface area is 124 Å². The summed E-state index contributed by atoms with van der Waals surface area (Å²) in [5.41, 5.74) is 7.96. The third-order valence-electron chi connectivity index (χ3n) is 3.31. The summed E-state index contributed by atoms with van der Waals surface area (Å²) in [4.78, 5) is 12.0. The van der Waals surface area contributed by atoms with Crippen molar-refractivity contribution in [3.8, 4) is 0 Å². The lowest BCUT2D eigenvalue weighted by Gasteiger charge is -2.13. The number of hydrogen-bond donors (Lipinski definition) is 2. The van der Waals surface area contributed by atoms with Gasteiger partial charge in [-0.15, -0.1) is 0 Å². The number of carbonyl (C=O) groups excluding carboxylic acids is 1. The number of nitrogens with one attached hydrogen (secondary N) is 1. The van der Waals surface area contributed by atoms with Crippen molar-refractivity contribution in [3.05, 3.63) is 65.5 Å². The van der Waals surface area contributed by atoms with Crippen molar-refractivity contribution < 1.29 is 9.18 Å². The van der Waals surface area contributed by atoms with Crippen molar-refractivity contribution in [1.82, 2.24) is 0 Å². The largest absolute Gasteiger partial charge is 0.322 e. The lowest BCUT2D eigenvalue weighted by atomic mass is 10.1. The van der Waals surface area contributed by atoms with Crippen LogP contribution in [0.1, 0.15) is 17.5 Å². The van der Waals surface area contributed by atoms with E-state index in [1.807, 2.05) is 30.3 Å². The van der Waals surface area contributed by atoms with Gasteiger partial charge in [0, 0.05) is 0 Å². The van der Waals surface area contributed by atoms with Crippen LogP contribution in [0.4, 0.5) is 10.1 Å². The van der Waals surface area contributed by atoms with Gasteiger partial charge in [-0.25, -0.2) is 4.39 Å². The summed E-state index contributed by atoms with van der Waals surface area (Å²) >= 11 is 0. The second-order valence-corrected chi connectivity index (χ2v) is 5.10. The predicted molar refractivity (Wildman–Crippen MR) is 82.5 cm³/mol. The van der Waals surface area contributed by atoms with Gasteiger partial charge in [0.2, 0.25) is 5.91 Å². The molecule has 0 saturated heterocycles. The van der Waals surface area contributed by atoms with E-state index in [0.29, 0.717) is 12.8 Å². The monoisotopic (exact) mass is 286 g/mol. The SMILES string of the molecule is Cc1ccc(NC(=O)[C@@H](N)CCc2ccccc2)c(F)c1. The average Bonchev–Trinajstić information content (AvgIpc) is 2.48. The van der Waals surface area contributed by atoms with E-state index in [-0.39, 0.29) is 11.6 Å². The van der Waals surface area contributed by atoms with Crippen LogP contribution >= 0.6 is 0 Å². The molecule has 2 rings (SSSR count). The topological polar surface area (TPSA) is 55.1 Å². The van der Waals surface area contributed by atoms with Crippen molar-refractivity contribution in [2.24, 2.45) is 5.73 Å². The van der Waals surface area contributed by atoms with E-state index in [1.54, 1.807) is 19.1 Å². The van der Waals surface area contributed by atoms with Crippen LogP contribution in [0.3, 0.4) is 0 Å². The van der Waals surface area contributed by atoms with Gasteiger partial charge in [0.25, 0.3) is 0 Å². The molecule has 0 heterocycles. The molecular formula is C17H19FN2O. The molecule has 0 aliphatic carbocycles. The first-order valence-electron chi connectivity index (χ1n) is 6.93. The van der Waals surface area contributed by atoms with E-state index in [1.165, 1.54) is 6.07 Å². The van der Waals surface area contributed by atoms with Gasteiger partial charge in [-0.05, 0) is 43.0 Å². The summed E-state index contributed by atoms with van der Waals surface area (Å²) in [6.45, 7) is 1.79. The molecule has 110 valence electrons.